The number of hydrogen-bond donors (Lipinski definition) is 1. The van der Waals surface area contributed by atoms with E-state index in [2.05, 4.69) is 5.32 Å². The molecule has 1 heterocycles. The third-order valence-corrected chi connectivity index (χ3v) is 3.25. The maximum Gasteiger partial charge on any atom is 0.230 e. The van der Waals surface area contributed by atoms with Gasteiger partial charge in [-0.15, -0.1) is 0 Å². The largest absolute Gasteiger partial charge is 0.366 e. The van der Waals surface area contributed by atoms with Crippen LogP contribution in [0.1, 0.15) is 6.92 Å². The van der Waals surface area contributed by atoms with Crippen LogP contribution in [0.2, 0.25) is 0 Å². The van der Waals surface area contributed by atoms with Gasteiger partial charge in [0.2, 0.25) is 5.91 Å². The molecule has 0 bridgehead atoms. The van der Waals surface area contributed by atoms with Gasteiger partial charge in [0.15, 0.2) is 0 Å². The summed E-state index contributed by atoms with van der Waals surface area (Å²) in [5.41, 5.74) is 0. The van der Waals surface area contributed by atoms with Gasteiger partial charge in [0, 0.05) is 14.2 Å². The quantitative estimate of drug-likeness (QED) is 0.700. The van der Waals surface area contributed by atoms with Gasteiger partial charge >= 0.3 is 0 Å². The van der Waals surface area contributed by atoms with E-state index in [1.165, 1.54) is 11.8 Å². The molecule has 12 heavy (non-hydrogen) atoms. The number of carbonyl (C=O) groups is 1. The SMILES string of the molecule is CNC(=O)C1C=CSC1(C)OC. The van der Waals surface area contributed by atoms with Crippen LogP contribution in [-0.2, 0) is 9.53 Å². The van der Waals surface area contributed by atoms with E-state index in [9.17, 15) is 4.79 Å². The number of thioether (sulfide) groups is 1. The zero-order valence-corrected chi connectivity index (χ0v) is 8.27. The molecule has 1 rings (SSSR count). The summed E-state index contributed by atoms with van der Waals surface area (Å²) in [6.07, 6.45) is 1.87. The first-order chi connectivity index (χ1) is 5.64. The molecule has 1 aliphatic rings. The smallest absolute Gasteiger partial charge is 0.230 e. The Bertz CT molecular complexity index is 217. The molecule has 1 aliphatic heterocycles. The Morgan fingerprint density at radius 2 is 2.42 bits per heavy atom. The number of nitrogens with one attached hydrogen (secondary N) is 1. The molecule has 0 aromatic rings. The molecule has 0 saturated heterocycles. The first kappa shape index (κ1) is 9.61. The monoisotopic (exact) mass is 187 g/mol. The number of rotatable bonds is 2. The van der Waals surface area contributed by atoms with Crippen LogP contribution in [0, 0.1) is 5.92 Å². The van der Waals surface area contributed by atoms with E-state index in [4.69, 9.17) is 4.74 Å². The summed E-state index contributed by atoms with van der Waals surface area (Å²) in [5.74, 6) is -0.182. The predicted molar refractivity (Wildman–Crippen MR) is 49.7 cm³/mol. The van der Waals surface area contributed by atoms with E-state index in [0.29, 0.717) is 0 Å². The fraction of sp³-hybridized carbons (Fsp3) is 0.625. The molecule has 0 radical (unpaired) electrons. The standard InChI is InChI=1S/C8H13NO2S/c1-8(11-3)6(4-5-12-8)7(10)9-2/h4-6H,1-3H3,(H,9,10). The molecule has 0 aromatic heterocycles. The second-order valence-corrected chi connectivity index (χ2v) is 4.08. The van der Waals surface area contributed by atoms with E-state index in [1.807, 2.05) is 18.4 Å². The van der Waals surface area contributed by atoms with Crippen molar-refractivity contribution in [3.8, 4) is 0 Å². The van der Waals surface area contributed by atoms with Gasteiger partial charge < -0.3 is 10.1 Å². The van der Waals surface area contributed by atoms with Crippen LogP contribution in [0.5, 0.6) is 0 Å². The van der Waals surface area contributed by atoms with Crippen molar-refractivity contribution >= 4 is 17.7 Å². The lowest BCUT2D eigenvalue weighted by Gasteiger charge is -2.27. The van der Waals surface area contributed by atoms with Gasteiger partial charge in [0.05, 0.1) is 5.92 Å². The molecular weight excluding hydrogens is 174 g/mol. The predicted octanol–water partition coefficient (Wildman–Crippen LogP) is 0.972. The second-order valence-electron chi connectivity index (χ2n) is 2.76. The Morgan fingerprint density at radius 1 is 1.75 bits per heavy atom. The average molecular weight is 187 g/mol. The minimum atomic E-state index is -0.430. The highest BCUT2D eigenvalue weighted by atomic mass is 32.2. The average Bonchev–Trinajstić information content (AvgIpc) is 2.47. The first-order valence-electron chi connectivity index (χ1n) is 3.75. The van der Waals surface area contributed by atoms with Crippen molar-refractivity contribution in [1.82, 2.24) is 5.32 Å². The zero-order valence-electron chi connectivity index (χ0n) is 7.46. The highest BCUT2D eigenvalue weighted by molar-refractivity contribution is 8.03. The molecule has 0 fully saturated rings. The number of methoxy groups -OCH3 is 1. The van der Waals surface area contributed by atoms with E-state index < -0.39 is 4.93 Å². The Labute approximate surface area is 76.5 Å². The fourth-order valence-corrected chi connectivity index (χ4v) is 2.09. The van der Waals surface area contributed by atoms with Crippen LogP contribution < -0.4 is 5.32 Å². The summed E-state index contributed by atoms with van der Waals surface area (Å²) in [6.45, 7) is 1.91. The van der Waals surface area contributed by atoms with Gasteiger partial charge in [-0.05, 0) is 12.3 Å². The Morgan fingerprint density at radius 3 is 2.92 bits per heavy atom. The van der Waals surface area contributed by atoms with Gasteiger partial charge in [-0.1, -0.05) is 17.8 Å². The summed E-state index contributed by atoms with van der Waals surface area (Å²) < 4.78 is 5.27. The lowest BCUT2D eigenvalue weighted by molar-refractivity contribution is -0.127. The molecule has 3 nitrogen and oxygen atoms in total. The number of ether oxygens (including phenoxy) is 1. The highest BCUT2D eigenvalue weighted by Crippen LogP contribution is 2.41. The summed E-state index contributed by atoms with van der Waals surface area (Å²) in [7, 11) is 3.26. The molecular formula is C8H13NO2S. The molecule has 2 unspecified atom stereocenters. The number of hydrogen-bond acceptors (Lipinski definition) is 3. The molecule has 0 saturated carbocycles. The van der Waals surface area contributed by atoms with E-state index in [1.54, 1.807) is 14.2 Å². The van der Waals surface area contributed by atoms with Crippen molar-refractivity contribution < 1.29 is 9.53 Å². The first-order valence-corrected chi connectivity index (χ1v) is 4.63. The van der Waals surface area contributed by atoms with Crippen LogP contribution in [0.25, 0.3) is 0 Å². The van der Waals surface area contributed by atoms with Crippen molar-refractivity contribution in [2.75, 3.05) is 14.2 Å². The molecule has 1 amide bonds. The van der Waals surface area contributed by atoms with Crippen molar-refractivity contribution in [1.29, 1.82) is 0 Å². The van der Waals surface area contributed by atoms with Crippen LogP contribution in [-0.4, -0.2) is 25.0 Å². The van der Waals surface area contributed by atoms with Crippen LogP contribution in [0.15, 0.2) is 11.5 Å². The van der Waals surface area contributed by atoms with Crippen LogP contribution in [0.4, 0.5) is 0 Å². The maximum atomic E-state index is 11.3. The normalized spacial score (nSPS) is 33.8. The van der Waals surface area contributed by atoms with Gasteiger partial charge in [0.1, 0.15) is 4.93 Å². The minimum absolute atomic E-state index is 0.000556. The fourth-order valence-electron chi connectivity index (χ4n) is 1.16. The molecule has 4 heteroatoms. The Hall–Kier alpha value is -0.480. The third-order valence-electron chi connectivity index (χ3n) is 2.07. The summed E-state index contributed by atoms with van der Waals surface area (Å²) in [4.78, 5) is 10.9. The van der Waals surface area contributed by atoms with Crippen LogP contribution >= 0.6 is 11.8 Å². The zero-order chi connectivity index (χ0) is 9.19. The molecule has 1 N–H and O–H groups in total. The summed E-state index contributed by atoms with van der Waals surface area (Å²) in [6, 6.07) is 0. The van der Waals surface area contributed by atoms with Crippen molar-refractivity contribution in [3.05, 3.63) is 11.5 Å². The van der Waals surface area contributed by atoms with Crippen molar-refractivity contribution in [3.63, 3.8) is 0 Å². The van der Waals surface area contributed by atoms with Gasteiger partial charge in [0.25, 0.3) is 0 Å². The molecule has 68 valence electrons. The van der Waals surface area contributed by atoms with Gasteiger partial charge in [-0.25, -0.2) is 0 Å². The Balaban J connectivity index is 2.75. The molecule has 2 atom stereocenters. The van der Waals surface area contributed by atoms with E-state index in [0.717, 1.165) is 0 Å². The topological polar surface area (TPSA) is 38.3 Å². The van der Waals surface area contributed by atoms with E-state index in [-0.39, 0.29) is 11.8 Å². The van der Waals surface area contributed by atoms with Gasteiger partial charge in [-0.3, -0.25) is 4.79 Å². The second kappa shape index (κ2) is 3.49. The Kier molecular flexibility index (Phi) is 2.80. The number of carbonyl (C=O) groups excluding carboxylic acids is 1. The summed E-state index contributed by atoms with van der Waals surface area (Å²) in [5, 5.41) is 4.52. The van der Waals surface area contributed by atoms with E-state index >= 15 is 0 Å². The molecule has 0 spiro atoms. The van der Waals surface area contributed by atoms with Crippen molar-refractivity contribution in [2.24, 2.45) is 5.92 Å². The highest BCUT2D eigenvalue weighted by Gasteiger charge is 2.40. The van der Waals surface area contributed by atoms with Crippen molar-refractivity contribution in [2.45, 2.75) is 11.9 Å². The maximum absolute atomic E-state index is 11.3. The summed E-state index contributed by atoms with van der Waals surface area (Å²) >= 11 is 1.53. The molecule has 0 aromatic carbocycles. The minimum Gasteiger partial charge on any atom is -0.366 e. The number of amides is 1. The third kappa shape index (κ3) is 1.49. The lowest BCUT2D eigenvalue weighted by Crippen LogP contribution is -2.39. The lowest BCUT2D eigenvalue weighted by atomic mass is 10.0. The van der Waals surface area contributed by atoms with Crippen LogP contribution in [0.3, 0.4) is 0 Å². The molecule has 0 aliphatic carbocycles. The van der Waals surface area contributed by atoms with Gasteiger partial charge in [-0.2, -0.15) is 0 Å².